The lowest BCUT2D eigenvalue weighted by Gasteiger charge is -2.32. The average molecular weight is 376 g/mol. The SMILES string of the molecule is CCCN1CCC(CC(=O)NCC(c2ccccc2F)N2CCCC2)CC1. The Kier molecular flexibility index (Phi) is 7.65. The zero-order valence-electron chi connectivity index (χ0n) is 16.6. The average Bonchev–Trinajstić information content (AvgIpc) is 3.20. The number of nitrogens with zero attached hydrogens (tertiary/aromatic N) is 2. The summed E-state index contributed by atoms with van der Waals surface area (Å²) >= 11 is 0. The number of carbonyl (C=O) groups is 1. The van der Waals surface area contributed by atoms with Crippen molar-refractivity contribution in [2.45, 2.75) is 51.5 Å². The first-order valence-corrected chi connectivity index (χ1v) is 10.6. The van der Waals surface area contributed by atoms with E-state index in [0.717, 1.165) is 51.9 Å². The first-order valence-electron chi connectivity index (χ1n) is 10.6. The summed E-state index contributed by atoms with van der Waals surface area (Å²) in [5.41, 5.74) is 0.701. The molecule has 3 rings (SSSR count). The molecule has 2 fully saturated rings. The van der Waals surface area contributed by atoms with Crippen LogP contribution in [0.4, 0.5) is 4.39 Å². The van der Waals surface area contributed by atoms with Gasteiger partial charge in [0, 0.05) is 18.5 Å². The van der Waals surface area contributed by atoms with Crippen LogP contribution in [0.5, 0.6) is 0 Å². The van der Waals surface area contributed by atoms with Gasteiger partial charge in [-0.2, -0.15) is 0 Å². The second-order valence-electron chi connectivity index (χ2n) is 8.07. The Balaban J connectivity index is 1.51. The molecule has 0 aliphatic carbocycles. The number of nitrogens with one attached hydrogen (secondary N) is 1. The van der Waals surface area contributed by atoms with Crippen LogP contribution in [0.15, 0.2) is 24.3 Å². The molecule has 5 heteroatoms. The molecule has 1 N–H and O–H groups in total. The van der Waals surface area contributed by atoms with Gasteiger partial charge in [0.05, 0.1) is 6.04 Å². The van der Waals surface area contributed by atoms with Gasteiger partial charge in [-0.3, -0.25) is 9.69 Å². The predicted molar refractivity (Wildman–Crippen MR) is 107 cm³/mol. The summed E-state index contributed by atoms with van der Waals surface area (Å²) in [4.78, 5) is 17.3. The van der Waals surface area contributed by atoms with Crippen molar-refractivity contribution in [1.29, 1.82) is 0 Å². The van der Waals surface area contributed by atoms with Crippen molar-refractivity contribution < 1.29 is 9.18 Å². The summed E-state index contributed by atoms with van der Waals surface area (Å²) in [5.74, 6) is 0.424. The molecule has 1 atom stereocenters. The van der Waals surface area contributed by atoms with E-state index in [9.17, 15) is 9.18 Å². The number of rotatable bonds is 8. The van der Waals surface area contributed by atoms with Crippen LogP contribution in [-0.4, -0.2) is 55.0 Å². The van der Waals surface area contributed by atoms with Crippen molar-refractivity contribution in [2.24, 2.45) is 5.92 Å². The Morgan fingerprint density at radius 3 is 2.56 bits per heavy atom. The highest BCUT2D eigenvalue weighted by Crippen LogP contribution is 2.27. The molecule has 1 aromatic carbocycles. The highest BCUT2D eigenvalue weighted by atomic mass is 19.1. The van der Waals surface area contributed by atoms with Crippen LogP contribution >= 0.6 is 0 Å². The molecular formula is C22H34FN3O. The fourth-order valence-electron chi connectivity index (χ4n) is 4.51. The van der Waals surface area contributed by atoms with E-state index in [1.54, 1.807) is 6.07 Å². The van der Waals surface area contributed by atoms with Gasteiger partial charge >= 0.3 is 0 Å². The van der Waals surface area contributed by atoms with E-state index in [1.165, 1.54) is 19.0 Å². The van der Waals surface area contributed by atoms with Crippen molar-refractivity contribution in [1.82, 2.24) is 15.1 Å². The molecule has 0 bridgehead atoms. The smallest absolute Gasteiger partial charge is 0.220 e. The predicted octanol–water partition coefficient (Wildman–Crippen LogP) is 3.59. The minimum Gasteiger partial charge on any atom is -0.354 e. The Morgan fingerprint density at radius 1 is 1.19 bits per heavy atom. The third-order valence-electron chi connectivity index (χ3n) is 6.06. The van der Waals surface area contributed by atoms with Gasteiger partial charge in [-0.15, -0.1) is 0 Å². The minimum atomic E-state index is -0.174. The summed E-state index contributed by atoms with van der Waals surface area (Å²) in [5, 5.41) is 3.11. The fourth-order valence-corrected chi connectivity index (χ4v) is 4.51. The summed E-state index contributed by atoms with van der Waals surface area (Å²) in [6.07, 6.45) is 6.31. The minimum absolute atomic E-state index is 0.0657. The van der Waals surface area contributed by atoms with E-state index in [2.05, 4.69) is 22.0 Å². The molecule has 0 aromatic heterocycles. The van der Waals surface area contributed by atoms with E-state index in [1.807, 2.05) is 12.1 Å². The molecular weight excluding hydrogens is 341 g/mol. The maximum atomic E-state index is 14.3. The number of benzene rings is 1. The van der Waals surface area contributed by atoms with E-state index in [0.29, 0.717) is 24.4 Å². The van der Waals surface area contributed by atoms with Crippen LogP contribution in [0, 0.1) is 11.7 Å². The van der Waals surface area contributed by atoms with Crippen LogP contribution in [-0.2, 0) is 4.79 Å². The molecule has 4 nitrogen and oxygen atoms in total. The second kappa shape index (κ2) is 10.2. The molecule has 2 aliphatic rings. The zero-order valence-corrected chi connectivity index (χ0v) is 16.6. The van der Waals surface area contributed by atoms with E-state index in [4.69, 9.17) is 0 Å². The van der Waals surface area contributed by atoms with Crippen LogP contribution in [0.3, 0.4) is 0 Å². The van der Waals surface area contributed by atoms with Crippen molar-refractivity contribution in [3.8, 4) is 0 Å². The lowest BCUT2D eigenvalue weighted by atomic mass is 9.93. The van der Waals surface area contributed by atoms with Crippen LogP contribution in [0.2, 0.25) is 0 Å². The largest absolute Gasteiger partial charge is 0.354 e. The molecule has 2 aliphatic heterocycles. The number of hydrogen-bond donors (Lipinski definition) is 1. The highest BCUT2D eigenvalue weighted by Gasteiger charge is 2.27. The van der Waals surface area contributed by atoms with Gasteiger partial charge in [-0.05, 0) is 76.8 Å². The molecule has 150 valence electrons. The Morgan fingerprint density at radius 2 is 1.89 bits per heavy atom. The van der Waals surface area contributed by atoms with E-state index >= 15 is 0 Å². The first kappa shape index (κ1) is 20.3. The summed E-state index contributed by atoms with van der Waals surface area (Å²) in [6.45, 7) is 8.05. The fraction of sp³-hybridized carbons (Fsp3) is 0.682. The molecule has 1 aromatic rings. The normalized spacial score (nSPS) is 20.7. The molecule has 1 amide bonds. The molecule has 1 unspecified atom stereocenters. The van der Waals surface area contributed by atoms with E-state index < -0.39 is 0 Å². The number of likely N-dealkylation sites (tertiary alicyclic amines) is 2. The highest BCUT2D eigenvalue weighted by molar-refractivity contribution is 5.76. The van der Waals surface area contributed by atoms with Crippen molar-refractivity contribution in [3.63, 3.8) is 0 Å². The summed E-state index contributed by atoms with van der Waals surface area (Å²) < 4.78 is 14.3. The lowest BCUT2D eigenvalue weighted by molar-refractivity contribution is -0.122. The molecule has 0 radical (unpaired) electrons. The third-order valence-corrected chi connectivity index (χ3v) is 6.06. The van der Waals surface area contributed by atoms with Gasteiger partial charge in [0.25, 0.3) is 0 Å². The van der Waals surface area contributed by atoms with Gasteiger partial charge in [-0.25, -0.2) is 4.39 Å². The van der Waals surface area contributed by atoms with Crippen molar-refractivity contribution in [3.05, 3.63) is 35.6 Å². The molecule has 0 saturated carbocycles. The second-order valence-corrected chi connectivity index (χ2v) is 8.07. The van der Waals surface area contributed by atoms with Gasteiger partial charge < -0.3 is 10.2 Å². The van der Waals surface area contributed by atoms with Gasteiger partial charge in [0.15, 0.2) is 0 Å². The van der Waals surface area contributed by atoms with Gasteiger partial charge in [0.1, 0.15) is 5.82 Å². The topological polar surface area (TPSA) is 35.6 Å². The quantitative estimate of drug-likeness (QED) is 0.754. The van der Waals surface area contributed by atoms with E-state index in [-0.39, 0.29) is 17.8 Å². The molecule has 2 saturated heterocycles. The van der Waals surface area contributed by atoms with Crippen LogP contribution < -0.4 is 5.32 Å². The monoisotopic (exact) mass is 375 g/mol. The summed E-state index contributed by atoms with van der Waals surface area (Å²) in [6, 6.07) is 6.92. The van der Waals surface area contributed by atoms with Crippen LogP contribution in [0.25, 0.3) is 0 Å². The Labute approximate surface area is 163 Å². The Hall–Kier alpha value is -1.46. The maximum absolute atomic E-state index is 14.3. The number of carbonyl (C=O) groups excluding carboxylic acids is 1. The number of amides is 1. The van der Waals surface area contributed by atoms with Gasteiger partial charge in [0.2, 0.25) is 5.91 Å². The molecule has 27 heavy (non-hydrogen) atoms. The first-order chi connectivity index (χ1) is 13.2. The Bertz CT molecular complexity index is 595. The van der Waals surface area contributed by atoms with Gasteiger partial charge in [-0.1, -0.05) is 25.1 Å². The number of hydrogen-bond acceptors (Lipinski definition) is 3. The molecule has 0 spiro atoms. The third kappa shape index (κ3) is 5.76. The number of halogens is 1. The number of piperidine rings is 1. The molecule has 2 heterocycles. The lowest BCUT2D eigenvalue weighted by Crippen LogP contribution is -2.39. The standard InChI is InChI=1S/C22H34FN3O/c1-2-11-25-14-9-18(10-15-25)16-22(27)24-17-21(26-12-5-6-13-26)19-7-3-4-8-20(19)23/h3-4,7-8,18,21H,2,5-6,9-17H2,1H3,(H,24,27). The summed E-state index contributed by atoms with van der Waals surface area (Å²) in [7, 11) is 0. The maximum Gasteiger partial charge on any atom is 0.220 e. The van der Waals surface area contributed by atoms with Crippen molar-refractivity contribution in [2.75, 3.05) is 39.3 Å². The van der Waals surface area contributed by atoms with Crippen LogP contribution in [0.1, 0.15) is 57.1 Å². The van der Waals surface area contributed by atoms with Crippen molar-refractivity contribution >= 4 is 5.91 Å². The zero-order chi connectivity index (χ0) is 19.1.